The highest BCUT2D eigenvalue weighted by Crippen LogP contribution is 2.22. The number of nitrogens with zero attached hydrogens (tertiary/aromatic N) is 2. The number of urea groups is 1. The Hall–Kier alpha value is -2.37. The van der Waals surface area contributed by atoms with Gasteiger partial charge in [-0.3, -0.25) is 0 Å². The van der Waals surface area contributed by atoms with E-state index in [0.717, 1.165) is 24.3 Å². The van der Waals surface area contributed by atoms with Crippen LogP contribution < -0.4 is 10.6 Å². The largest absolute Gasteiger partial charge is 0.421 e. The van der Waals surface area contributed by atoms with E-state index in [-0.39, 0.29) is 12.1 Å². The van der Waals surface area contributed by atoms with Gasteiger partial charge in [-0.15, -0.1) is 10.2 Å². The molecule has 3 rings (SSSR count). The number of hydrogen-bond donors (Lipinski definition) is 2. The summed E-state index contributed by atoms with van der Waals surface area (Å²) in [6, 6.07) is 9.84. The maximum absolute atomic E-state index is 12.0. The molecule has 6 heteroatoms. The number of benzene rings is 1. The summed E-state index contributed by atoms with van der Waals surface area (Å²) in [5, 5.41) is 14.0. The van der Waals surface area contributed by atoms with Crippen molar-refractivity contribution in [1.29, 1.82) is 0 Å². The second-order valence-electron chi connectivity index (χ2n) is 6.83. The minimum absolute atomic E-state index is 0.109. The number of aromatic nitrogens is 2. The summed E-state index contributed by atoms with van der Waals surface area (Å²) in [7, 11) is 0. The Bertz CT molecular complexity index is 671. The molecule has 2 aromatic rings. The Kier molecular flexibility index (Phi) is 6.04. The van der Waals surface area contributed by atoms with Gasteiger partial charge >= 0.3 is 6.03 Å². The van der Waals surface area contributed by atoms with Crippen LogP contribution in [-0.2, 0) is 6.42 Å². The Morgan fingerprint density at radius 1 is 1.16 bits per heavy atom. The minimum Gasteiger partial charge on any atom is -0.421 e. The summed E-state index contributed by atoms with van der Waals surface area (Å²) in [4.78, 5) is 12.0. The summed E-state index contributed by atoms with van der Waals surface area (Å²) in [6.07, 6.45) is 6.31. The predicted octanol–water partition coefficient (Wildman–Crippen LogP) is 3.55. The highest BCUT2D eigenvalue weighted by Gasteiger charge is 2.17. The molecule has 0 spiro atoms. The second kappa shape index (κ2) is 8.65. The molecule has 1 saturated carbocycles. The zero-order chi connectivity index (χ0) is 17.5. The van der Waals surface area contributed by atoms with Crippen LogP contribution in [0.15, 0.2) is 34.7 Å². The lowest BCUT2D eigenvalue weighted by Gasteiger charge is -2.16. The third kappa shape index (κ3) is 5.31. The van der Waals surface area contributed by atoms with Gasteiger partial charge in [0.15, 0.2) is 0 Å². The highest BCUT2D eigenvalue weighted by molar-refractivity contribution is 5.74. The van der Waals surface area contributed by atoms with E-state index in [9.17, 15) is 4.79 Å². The van der Waals surface area contributed by atoms with E-state index in [4.69, 9.17) is 4.42 Å². The summed E-state index contributed by atoms with van der Waals surface area (Å²) < 4.78 is 5.64. The van der Waals surface area contributed by atoms with Gasteiger partial charge in [-0.25, -0.2) is 4.79 Å². The van der Waals surface area contributed by atoms with Gasteiger partial charge in [-0.1, -0.05) is 38.0 Å². The van der Waals surface area contributed by atoms with Gasteiger partial charge in [0.1, 0.15) is 0 Å². The fraction of sp³-hybridized carbons (Fsp3) is 0.526. The first-order chi connectivity index (χ1) is 12.2. The molecular formula is C19H26N4O2. The van der Waals surface area contributed by atoms with Gasteiger partial charge in [0.2, 0.25) is 11.8 Å². The van der Waals surface area contributed by atoms with E-state index in [0.29, 0.717) is 24.7 Å². The Labute approximate surface area is 148 Å². The van der Waals surface area contributed by atoms with Crippen molar-refractivity contribution in [2.24, 2.45) is 5.92 Å². The first-order valence-electron chi connectivity index (χ1n) is 9.13. The lowest BCUT2D eigenvalue weighted by Crippen LogP contribution is -2.42. The molecule has 2 amide bonds. The zero-order valence-corrected chi connectivity index (χ0v) is 14.7. The quantitative estimate of drug-likeness (QED) is 0.814. The standard InChI is InChI=1S/C19H26N4O2/c1-14-6-5-9-16(11-10-14)21-19(24)20-13-12-17-22-23-18(25-17)15-7-3-2-4-8-15/h2-4,7-8,14,16H,5-6,9-13H2,1H3,(H2,20,21,24)/t14-,16+/m0/s1. The number of nitrogens with one attached hydrogen (secondary N) is 2. The molecule has 1 aliphatic carbocycles. The molecule has 6 nitrogen and oxygen atoms in total. The van der Waals surface area contributed by atoms with Gasteiger partial charge in [0.25, 0.3) is 0 Å². The van der Waals surface area contributed by atoms with E-state index >= 15 is 0 Å². The second-order valence-corrected chi connectivity index (χ2v) is 6.83. The number of carbonyl (C=O) groups is 1. The lowest BCUT2D eigenvalue weighted by molar-refractivity contribution is 0.235. The van der Waals surface area contributed by atoms with Gasteiger partial charge in [-0.2, -0.15) is 0 Å². The molecule has 134 valence electrons. The maximum atomic E-state index is 12.0. The summed E-state index contributed by atoms with van der Waals surface area (Å²) >= 11 is 0. The molecule has 0 bridgehead atoms. The summed E-state index contributed by atoms with van der Waals surface area (Å²) in [6.45, 7) is 2.77. The van der Waals surface area contributed by atoms with E-state index in [2.05, 4.69) is 27.8 Å². The van der Waals surface area contributed by atoms with Crippen molar-refractivity contribution in [2.75, 3.05) is 6.54 Å². The molecule has 0 saturated heterocycles. The van der Waals surface area contributed by atoms with Crippen LogP contribution in [0.4, 0.5) is 4.79 Å². The zero-order valence-electron chi connectivity index (χ0n) is 14.7. The normalized spacial score (nSPS) is 20.7. The Morgan fingerprint density at radius 2 is 2.00 bits per heavy atom. The van der Waals surface area contributed by atoms with Crippen LogP contribution in [0, 0.1) is 5.92 Å². The molecule has 2 N–H and O–H groups in total. The third-order valence-corrected chi connectivity index (χ3v) is 4.70. The van der Waals surface area contributed by atoms with E-state index in [1.165, 1.54) is 19.3 Å². The van der Waals surface area contributed by atoms with Gasteiger partial charge in [0.05, 0.1) is 0 Å². The molecule has 0 aliphatic heterocycles. The number of amides is 2. The van der Waals surface area contributed by atoms with Crippen molar-refractivity contribution in [3.8, 4) is 11.5 Å². The minimum atomic E-state index is -0.109. The SMILES string of the molecule is C[C@H]1CCC[C@@H](NC(=O)NCCc2nnc(-c3ccccc3)o2)CC1. The number of carbonyl (C=O) groups excluding carboxylic acids is 1. The van der Waals surface area contributed by atoms with Crippen LogP contribution in [0.3, 0.4) is 0 Å². The third-order valence-electron chi connectivity index (χ3n) is 4.70. The lowest BCUT2D eigenvalue weighted by atomic mass is 10.0. The maximum Gasteiger partial charge on any atom is 0.315 e. The van der Waals surface area contributed by atoms with Crippen molar-refractivity contribution in [3.63, 3.8) is 0 Å². The summed E-state index contributed by atoms with van der Waals surface area (Å²) in [5.74, 6) is 1.81. The summed E-state index contributed by atoms with van der Waals surface area (Å²) in [5.41, 5.74) is 0.898. The van der Waals surface area contributed by atoms with Gasteiger partial charge < -0.3 is 15.1 Å². The van der Waals surface area contributed by atoms with Crippen molar-refractivity contribution < 1.29 is 9.21 Å². The fourth-order valence-electron chi connectivity index (χ4n) is 3.20. The van der Waals surface area contributed by atoms with Crippen molar-refractivity contribution in [2.45, 2.75) is 51.5 Å². The topological polar surface area (TPSA) is 80.0 Å². The molecule has 0 unspecified atom stereocenters. The molecule has 25 heavy (non-hydrogen) atoms. The first-order valence-corrected chi connectivity index (χ1v) is 9.13. The molecular weight excluding hydrogens is 316 g/mol. The van der Waals surface area contributed by atoms with Crippen LogP contribution in [0.1, 0.15) is 44.9 Å². The van der Waals surface area contributed by atoms with Crippen molar-refractivity contribution in [3.05, 3.63) is 36.2 Å². The Balaban J connectivity index is 1.41. The van der Waals surface area contributed by atoms with Crippen molar-refractivity contribution >= 4 is 6.03 Å². The molecule has 1 aromatic heterocycles. The fourth-order valence-corrected chi connectivity index (χ4v) is 3.20. The molecule has 2 atom stereocenters. The monoisotopic (exact) mass is 342 g/mol. The molecule has 1 aromatic carbocycles. The average Bonchev–Trinajstić information content (AvgIpc) is 3.00. The average molecular weight is 342 g/mol. The van der Waals surface area contributed by atoms with Crippen LogP contribution in [0.5, 0.6) is 0 Å². The van der Waals surface area contributed by atoms with Gasteiger partial charge in [-0.05, 0) is 37.3 Å². The van der Waals surface area contributed by atoms with Crippen LogP contribution in [0.2, 0.25) is 0 Å². The Morgan fingerprint density at radius 3 is 2.84 bits per heavy atom. The van der Waals surface area contributed by atoms with Crippen LogP contribution in [-0.4, -0.2) is 28.8 Å². The highest BCUT2D eigenvalue weighted by atomic mass is 16.4. The molecule has 0 radical (unpaired) electrons. The van der Waals surface area contributed by atoms with Gasteiger partial charge in [0, 0.05) is 24.6 Å². The van der Waals surface area contributed by atoms with E-state index < -0.39 is 0 Å². The van der Waals surface area contributed by atoms with Crippen molar-refractivity contribution in [1.82, 2.24) is 20.8 Å². The predicted molar refractivity (Wildman–Crippen MR) is 96.0 cm³/mol. The smallest absolute Gasteiger partial charge is 0.315 e. The molecule has 1 aliphatic rings. The van der Waals surface area contributed by atoms with E-state index in [1.54, 1.807) is 0 Å². The van der Waals surface area contributed by atoms with Crippen LogP contribution >= 0.6 is 0 Å². The van der Waals surface area contributed by atoms with Crippen LogP contribution in [0.25, 0.3) is 11.5 Å². The first kappa shape index (κ1) is 17.5. The molecule has 1 heterocycles. The number of rotatable bonds is 5. The van der Waals surface area contributed by atoms with E-state index in [1.807, 2.05) is 30.3 Å². The number of hydrogen-bond acceptors (Lipinski definition) is 4. The molecule has 1 fully saturated rings.